The predicted molar refractivity (Wildman–Crippen MR) is 114 cm³/mol. The van der Waals surface area contributed by atoms with Gasteiger partial charge in [0.1, 0.15) is 12.3 Å². The van der Waals surface area contributed by atoms with Crippen molar-refractivity contribution in [3.63, 3.8) is 0 Å². The number of nitro benzene ring substituents is 1. The zero-order valence-electron chi connectivity index (χ0n) is 16.5. The molecule has 0 unspecified atom stereocenters. The van der Waals surface area contributed by atoms with E-state index in [1.807, 2.05) is 0 Å². The average Bonchev–Trinajstić information content (AvgIpc) is 2.71. The quantitative estimate of drug-likeness (QED) is 0.464. The van der Waals surface area contributed by atoms with Gasteiger partial charge in [-0.2, -0.15) is 0 Å². The fourth-order valence-electron chi connectivity index (χ4n) is 2.94. The Hall–Kier alpha value is -3.67. The van der Waals surface area contributed by atoms with Crippen LogP contribution in [0.4, 0.5) is 22.7 Å². The molecule has 0 saturated carbocycles. The monoisotopic (exact) mass is 448 g/mol. The molecule has 0 radical (unpaired) electrons. The number of hydrogen-bond acceptors (Lipinski definition) is 7. The van der Waals surface area contributed by atoms with Gasteiger partial charge in [-0.15, -0.1) is 0 Å². The second-order valence-electron chi connectivity index (χ2n) is 6.72. The third-order valence-corrected chi connectivity index (χ3v) is 5.81. The maximum absolute atomic E-state index is 12.5. The van der Waals surface area contributed by atoms with E-state index < -0.39 is 26.8 Å². The summed E-state index contributed by atoms with van der Waals surface area (Å²) in [4.78, 5) is 36.2. The first kappa shape index (κ1) is 22.0. The highest BCUT2D eigenvalue weighted by Crippen LogP contribution is 2.35. The number of rotatable bonds is 8. The van der Waals surface area contributed by atoms with Gasteiger partial charge < -0.3 is 10.1 Å². The number of fused-ring (bicyclic) bond motifs is 1. The summed E-state index contributed by atoms with van der Waals surface area (Å²) in [6.07, 6.45) is 0.482. The Morgan fingerprint density at radius 3 is 2.52 bits per heavy atom. The Balaban J connectivity index is 1.69. The first-order valence-corrected chi connectivity index (χ1v) is 11.0. The molecule has 1 aliphatic rings. The number of nitrogens with zero attached hydrogens (tertiary/aromatic N) is 2. The average molecular weight is 448 g/mol. The van der Waals surface area contributed by atoms with Crippen LogP contribution in [0.25, 0.3) is 0 Å². The van der Waals surface area contributed by atoms with E-state index in [1.54, 1.807) is 6.92 Å². The molecule has 0 bridgehead atoms. The minimum absolute atomic E-state index is 0.00129. The third kappa shape index (κ3) is 5.48. The number of amides is 2. The van der Waals surface area contributed by atoms with E-state index in [0.29, 0.717) is 17.8 Å². The standard InChI is InChI=1S/C19H20N4O7S/c1-2-9-31(28,29)21-14-5-3-13(4-6-14)20-18(24)11-22-16-10-15(23(26)27)7-8-17(16)30-12-19(22)25/h3-8,10,21H,2,9,11-12H2,1H3,(H,20,24). The van der Waals surface area contributed by atoms with Crippen LogP contribution < -0.4 is 19.7 Å². The van der Waals surface area contributed by atoms with Crippen LogP contribution in [0.5, 0.6) is 5.75 Å². The maximum Gasteiger partial charge on any atom is 0.271 e. The number of sulfonamides is 1. The molecule has 0 atom stereocenters. The summed E-state index contributed by atoms with van der Waals surface area (Å²) in [6, 6.07) is 9.84. The minimum Gasteiger partial charge on any atom is -0.482 e. The number of nitro groups is 1. The molecule has 31 heavy (non-hydrogen) atoms. The smallest absolute Gasteiger partial charge is 0.271 e. The fraction of sp³-hybridized carbons (Fsp3) is 0.263. The van der Waals surface area contributed by atoms with Crippen LogP contribution in [0.1, 0.15) is 13.3 Å². The van der Waals surface area contributed by atoms with Gasteiger partial charge >= 0.3 is 0 Å². The Labute approximate surface area is 178 Å². The molecule has 2 aromatic carbocycles. The molecule has 11 nitrogen and oxygen atoms in total. The lowest BCUT2D eigenvalue weighted by molar-refractivity contribution is -0.384. The Morgan fingerprint density at radius 2 is 1.87 bits per heavy atom. The van der Waals surface area contributed by atoms with Gasteiger partial charge in [0, 0.05) is 23.5 Å². The molecule has 1 heterocycles. The number of hydrogen-bond donors (Lipinski definition) is 2. The third-order valence-electron chi connectivity index (χ3n) is 4.31. The van der Waals surface area contributed by atoms with Gasteiger partial charge in [0.15, 0.2) is 6.61 Å². The SMILES string of the molecule is CCCS(=O)(=O)Nc1ccc(NC(=O)CN2C(=O)COc3ccc([N+](=O)[O-])cc32)cc1. The number of carbonyl (C=O) groups is 2. The topological polar surface area (TPSA) is 148 Å². The van der Waals surface area contributed by atoms with Crippen LogP contribution in [0.3, 0.4) is 0 Å². The number of non-ortho nitro benzene ring substituents is 1. The Morgan fingerprint density at radius 1 is 1.19 bits per heavy atom. The summed E-state index contributed by atoms with van der Waals surface area (Å²) in [6.45, 7) is 1.10. The lowest BCUT2D eigenvalue weighted by Crippen LogP contribution is -2.43. The molecule has 2 amide bonds. The lowest BCUT2D eigenvalue weighted by Gasteiger charge is -2.28. The van der Waals surface area contributed by atoms with Crippen LogP contribution in [0.2, 0.25) is 0 Å². The lowest BCUT2D eigenvalue weighted by atomic mass is 10.2. The van der Waals surface area contributed by atoms with Crippen molar-refractivity contribution < 1.29 is 27.7 Å². The predicted octanol–water partition coefficient (Wildman–Crippen LogP) is 2.11. The van der Waals surface area contributed by atoms with Gasteiger partial charge in [-0.05, 0) is 36.8 Å². The van der Waals surface area contributed by atoms with Crippen LogP contribution in [-0.2, 0) is 19.6 Å². The van der Waals surface area contributed by atoms with Gasteiger partial charge in [0.25, 0.3) is 11.6 Å². The summed E-state index contributed by atoms with van der Waals surface area (Å²) < 4.78 is 31.3. The summed E-state index contributed by atoms with van der Waals surface area (Å²) in [7, 11) is -3.43. The zero-order chi connectivity index (χ0) is 22.6. The van der Waals surface area contributed by atoms with Gasteiger partial charge in [0.2, 0.25) is 15.9 Å². The fourth-order valence-corrected chi connectivity index (χ4v) is 4.08. The summed E-state index contributed by atoms with van der Waals surface area (Å²) in [5, 5.41) is 13.6. The van der Waals surface area contributed by atoms with Crippen molar-refractivity contribution in [3.05, 3.63) is 52.6 Å². The maximum atomic E-state index is 12.5. The zero-order valence-corrected chi connectivity index (χ0v) is 17.3. The number of carbonyl (C=O) groups excluding carboxylic acids is 2. The number of ether oxygens (including phenoxy) is 1. The summed E-state index contributed by atoms with van der Waals surface area (Å²) >= 11 is 0. The van der Waals surface area contributed by atoms with Crippen LogP contribution in [-0.4, -0.2) is 44.1 Å². The molecule has 0 saturated heterocycles. The molecule has 164 valence electrons. The van der Waals surface area contributed by atoms with Crippen molar-refractivity contribution >= 4 is 44.6 Å². The number of nitrogens with one attached hydrogen (secondary N) is 2. The van der Waals surface area contributed by atoms with E-state index in [4.69, 9.17) is 4.74 Å². The second-order valence-corrected chi connectivity index (χ2v) is 8.57. The van der Waals surface area contributed by atoms with E-state index >= 15 is 0 Å². The van der Waals surface area contributed by atoms with Crippen LogP contribution in [0, 0.1) is 10.1 Å². The molecular formula is C19H20N4O7S. The van der Waals surface area contributed by atoms with E-state index in [2.05, 4.69) is 10.0 Å². The molecule has 12 heteroatoms. The molecular weight excluding hydrogens is 428 g/mol. The molecule has 2 aromatic rings. The normalized spacial score (nSPS) is 13.2. The van der Waals surface area contributed by atoms with Crippen LogP contribution in [0.15, 0.2) is 42.5 Å². The van der Waals surface area contributed by atoms with E-state index in [9.17, 15) is 28.1 Å². The Kier molecular flexibility index (Phi) is 6.39. The van der Waals surface area contributed by atoms with Crippen molar-refractivity contribution in [2.24, 2.45) is 0 Å². The van der Waals surface area contributed by atoms with Crippen molar-refractivity contribution in [1.29, 1.82) is 0 Å². The molecule has 2 N–H and O–H groups in total. The van der Waals surface area contributed by atoms with E-state index in [-0.39, 0.29) is 36.0 Å². The first-order chi connectivity index (χ1) is 14.7. The Bertz CT molecular complexity index is 1120. The molecule has 0 fully saturated rings. The second kappa shape index (κ2) is 9.00. The van der Waals surface area contributed by atoms with Crippen molar-refractivity contribution in [3.8, 4) is 5.75 Å². The highest BCUT2D eigenvalue weighted by molar-refractivity contribution is 7.92. The molecule has 0 spiro atoms. The van der Waals surface area contributed by atoms with Gasteiger partial charge in [-0.25, -0.2) is 8.42 Å². The summed E-state index contributed by atoms with van der Waals surface area (Å²) in [5.41, 5.74) is 0.657. The van der Waals surface area contributed by atoms with Gasteiger partial charge in [0.05, 0.1) is 16.4 Å². The van der Waals surface area contributed by atoms with Gasteiger partial charge in [-0.3, -0.25) is 29.3 Å². The number of benzene rings is 2. The highest BCUT2D eigenvalue weighted by atomic mass is 32.2. The molecule has 0 aromatic heterocycles. The largest absolute Gasteiger partial charge is 0.482 e. The summed E-state index contributed by atoms with van der Waals surface area (Å²) in [5.74, 6) is -0.781. The van der Waals surface area contributed by atoms with E-state index in [0.717, 1.165) is 4.90 Å². The minimum atomic E-state index is -3.43. The van der Waals surface area contributed by atoms with Crippen LogP contribution >= 0.6 is 0 Å². The van der Waals surface area contributed by atoms with Crippen molar-refractivity contribution in [1.82, 2.24) is 0 Å². The number of anilines is 3. The highest BCUT2D eigenvalue weighted by Gasteiger charge is 2.29. The van der Waals surface area contributed by atoms with Crippen molar-refractivity contribution in [2.45, 2.75) is 13.3 Å². The molecule has 3 rings (SSSR count). The van der Waals surface area contributed by atoms with Crippen molar-refractivity contribution in [2.75, 3.05) is 33.8 Å². The molecule has 0 aliphatic carbocycles. The molecule has 1 aliphatic heterocycles. The first-order valence-electron chi connectivity index (χ1n) is 9.30. The van der Waals surface area contributed by atoms with E-state index in [1.165, 1.54) is 42.5 Å². The van der Waals surface area contributed by atoms with Gasteiger partial charge in [-0.1, -0.05) is 6.92 Å².